The van der Waals surface area contributed by atoms with Crippen molar-refractivity contribution in [1.82, 2.24) is 14.8 Å². The minimum Gasteiger partial charge on any atom is -0.300 e. The van der Waals surface area contributed by atoms with Gasteiger partial charge in [-0.15, -0.1) is 10.2 Å². The summed E-state index contributed by atoms with van der Waals surface area (Å²) >= 11 is 0. The van der Waals surface area contributed by atoms with Crippen molar-refractivity contribution in [2.75, 3.05) is 0 Å². The zero-order valence-corrected chi connectivity index (χ0v) is 10.2. The molecular formula is C9H7ClFN3O2S. The van der Waals surface area contributed by atoms with Gasteiger partial charge in [0, 0.05) is 17.7 Å². The average Bonchev–Trinajstić information content (AvgIpc) is 2.60. The predicted molar refractivity (Wildman–Crippen MR) is 59.4 cm³/mol. The molecule has 8 heteroatoms. The monoisotopic (exact) mass is 275 g/mol. The first-order valence-electron chi connectivity index (χ1n) is 4.50. The molecule has 0 amide bonds. The van der Waals surface area contributed by atoms with E-state index in [2.05, 4.69) is 10.2 Å². The Balaban J connectivity index is 2.64. The Morgan fingerprint density at radius 1 is 1.29 bits per heavy atom. The largest absolute Gasteiger partial charge is 0.300 e. The third kappa shape index (κ3) is 2.16. The molecule has 0 aliphatic heterocycles. The van der Waals surface area contributed by atoms with Gasteiger partial charge in [-0.05, 0) is 12.1 Å². The first-order valence-corrected chi connectivity index (χ1v) is 6.81. The fourth-order valence-electron chi connectivity index (χ4n) is 1.40. The van der Waals surface area contributed by atoms with Crippen LogP contribution in [0.1, 0.15) is 0 Å². The molecular weight excluding hydrogens is 269 g/mol. The highest BCUT2D eigenvalue weighted by Gasteiger charge is 2.22. The van der Waals surface area contributed by atoms with E-state index in [9.17, 15) is 12.8 Å². The van der Waals surface area contributed by atoms with Crippen molar-refractivity contribution in [2.45, 2.75) is 5.16 Å². The molecule has 0 saturated carbocycles. The number of nitrogens with zero attached hydrogens (tertiary/aromatic N) is 3. The van der Waals surface area contributed by atoms with Crippen LogP contribution in [0.15, 0.2) is 29.4 Å². The lowest BCUT2D eigenvalue weighted by atomic mass is 10.2. The normalized spacial score (nSPS) is 11.7. The summed E-state index contributed by atoms with van der Waals surface area (Å²) in [7, 11) is 2.57. The average molecular weight is 276 g/mol. The van der Waals surface area contributed by atoms with Crippen molar-refractivity contribution < 1.29 is 12.8 Å². The van der Waals surface area contributed by atoms with Crippen molar-refractivity contribution >= 4 is 19.7 Å². The van der Waals surface area contributed by atoms with Crippen molar-refractivity contribution in [3.05, 3.63) is 30.1 Å². The van der Waals surface area contributed by atoms with Gasteiger partial charge in [-0.2, -0.15) is 0 Å². The fourth-order valence-corrected chi connectivity index (χ4v) is 2.36. The number of rotatable bonds is 2. The van der Waals surface area contributed by atoms with Gasteiger partial charge in [0.2, 0.25) is 0 Å². The number of hydrogen-bond acceptors (Lipinski definition) is 4. The van der Waals surface area contributed by atoms with Crippen LogP contribution in [0.5, 0.6) is 0 Å². The topological polar surface area (TPSA) is 64.8 Å². The quantitative estimate of drug-likeness (QED) is 0.780. The molecule has 0 aliphatic rings. The minimum atomic E-state index is -3.99. The van der Waals surface area contributed by atoms with Gasteiger partial charge in [-0.25, -0.2) is 12.8 Å². The van der Waals surface area contributed by atoms with Gasteiger partial charge in [0.15, 0.2) is 5.82 Å². The van der Waals surface area contributed by atoms with Gasteiger partial charge in [0.1, 0.15) is 5.82 Å². The first-order chi connectivity index (χ1) is 7.91. The lowest BCUT2D eigenvalue weighted by molar-refractivity contribution is 0.592. The van der Waals surface area contributed by atoms with E-state index >= 15 is 0 Å². The molecule has 0 unspecified atom stereocenters. The second kappa shape index (κ2) is 4.08. The van der Waals surface area contributed by atoms with Crippen molar-refractivity contribution in [2.24, 2.45) is 7.05 Å². The summed E-state index contributed by atoms with van der Waals surface area (Å²) in [5.41, 5.74) is 0.161. The van der Waals surface area contributed by atoms with E-state index in [0.29, 0.717) is 0 Å². The standard InChI is InChI=1S/C9H7ClFN3O2S/c1-14-8(6-4-2-3-5-7(6)11)12-13-9(14)17(10,15)16/h2-5H,1H3. The molecule has 0 radical (unpaired) electrons. The molecule has 0 fully saturated rings. The molecule has 0 N–H and O–H groups in total. The van der Waals surface area contributed by atoms with E-state index in [-0.39, 0.29) is 11.4 Å². The third-order valence-corrected chi connectivity index (χ3v) is 3.37. The smallest absolute Gasteiger partial charge is 0.296 e. The minimum absolute atomic E-state index is 0.0994. The molecule has 0 atom stereocenters. The van der Waals surface area contributed by atoms with Crippen LogP contribution in [-0.4, -0.2) is 23.2 Å². The number of hydrogen-bond donors (Lipinski definition) is 0. The number of aromatic nitrogens is 3. The van der Waals surface area contributed by atoms with Crippen LogP contribution in [-0.2, 0) is 16.1 Å². The summed E-state index contributed by atoms with van der Waals surface area (Å²) in [5.74, 6) is -0.413. The second-order valence-electron chi connectivity index (χ2n) is 3.28. The number of halogens is 2. The molecule has 0 saturated heterocycles. The van der Waals surface area contributed by atoms with Gasteiger partial charge in [0.25, 0.3) is 14.2 Å². The maximum atomic E-state index is 13.5. The molecule has 1 aromatic heterocycles. The number of benzene rings is 1. The Bertz CT molecular complexity index is 669. The Morgan fingerprint density at radius 2 is 1.94 bits per heavy atom. The third-order valence-electron chi connectivity index (χ3n) is 2.17. The van der Waals surface area contributed by atoms with Gasteiger partial charge in [-0.1, -0.05) is 12.1 Å². The zero-order chi connectivity index (χ0) is 12.6. The maximum absolute atomic E-state index is 13.5. The Morgan fingerprint density at radius 3 is 2.47 bits per heavy atom. The second-order valence-corrected chi connectivity index (χ2v) is 5.74. The molecule has 2 aromatic rings. The molecule has 90 valence electrons. The molecule has 5 nitrogen and oxygen atoms in total. The van der Waals surface area contributed by atoms with Crippen LogP contribution in [0.3, 0.4) is 0 Å². The molecule has 0 bridgehead atoms. The van der Waals surface area contributed by atoms with Gasteiger partial charge in [-0.3, -0.25) is 4.57 Å². The molecule has 2 rings (SSSR count). The van der Waals surface area contributed by atoms with Crippen LogP contribution < -0.4 is 0 Å². The van der Waals surface area contributed by atoms with E-state index in [1.54, 1.807) is 6.07 Å². The molecule has 17 heavy (non-hydrogen) atoms. The van der Waals surface area contributed by atoms with Crippen LogP contribution >= 0.6 is 10.7 Å². The summed E-state index contributed by atoms with van der Waals surface area (Å²) in [5, 5.41) is 6.63. The predicted octanol–water partition coefficient (Wildman–Crippen LogP) is 1.55. The highest BCUT2D eigenvalue weighted by Crippen LogP contribution is 2.23. The van der Waals surface area contributed by atoms with Crippen LogP contribution in [0.25, 0.3) is 11.4 Å². The van der Waals surface area contributed by atoms with E-state index in [4.69, 9.17) is 10.7 Å². The first kappa shape index (κ1) is 12.0. The van der Waals surface area contributed by atoms with E-state index in [1.807, 2.05) is 0 Å². The molecule has 1 heterocycles. The Labute approximate surface area is 101 Å². The van der Waals surface area contributed by atoms with Crippen molar-refractivity contribution in [3.8, 4) is 11.4 Å². The van der Waals surface area contributed by atoms with Crippen LogP contribution in [0, 0.1) is 5.82 Å². The SMILES string of the molecule is Cn1c(-c2ccccc2F)nnc1S(=O)(=O)Cl. The molecule has 1 aromatic carbocycles. The molecule has 0 spiro atoms. The van der Waals surface area contributed by atoms with Gasteiger partial charge in [0.05, 0.1) is 5.56 Å². The Kier molecular flexibility index (Phi) is 2.88. The van der Waals surface area contributed by atoms with Crippen LogP contribution in [0.4, 0.5) is 4.39 Å². The summed E-state index contributed by atoms with van der Waals surface area (Å²) in [4.78, 5) is 0. The highest BCUT2D eigenvalue weighted by atomic mass is 35.7. The van der Waals surface area contributed by atoms with E-state index in [1.165, 1.54) is 25.2 Å². The van der Waals surface area contributed by atoms with E-state index < -0.39 is 20.0 Å². The highest BCUT2D eigenvalue weighted by molar-refractivity contribution is 8.13. The lowest BCUT2D eigenvalue weighted by Crippen LogP contribution is -2.03. The van der Waals surface area contributed by atoms with Crippen LogP contribution in [0.2, 0.25) is 0 Å². The van der Waals surface area contributed by atoms with Crippen molar-refractivity contribution in [3.63, 3.8) is 0 Å². The summed E-state index contributed by atoms with van der Waals surface area (Å²) in [6, 6.07) is 5.86. The molecule has 0 aliphatic carbocycles. The Hall–Kier alpha value is -1.47. The maximum Gasteiger partial charge on any atom is 0.296 e. The summed E-state index contributed by atoms with van der Waals surface area (Å²) in [6.07, 6.45) is 0. The summed E-state index contributed by atoms with van der Waals surface area (Å²) < 4.78 is 36.9. The van der Waals surface area contributed by atoms with Crippen molar-refractivity contribution in [1.29, 1.82) is 0 Å². The van der Waals surface area contributed by atoms with Gasteiger partial charge >= 0.3 is 0 Å². The fraction of sp³-hybridized carbons (Fsp3) is 0.111. The zero-order valence-electron chi connectivity index (χ0n) is 8.63. The lowest BCUT2D eigenvalue weighted by Gasteiger charge is -2.02. The van der Waals surface area contributed by atoms with Gasteiger partial charge < -0.3 is 0 Å². The summed E-state index contributed by atoms with van der Waals surface area (Å²) in [6.45, 7) is 0. The van der Waals surface area contributed by atoms with E-state index in [0.717, 1.165) is 4.57 Å².